The summed E-state index contributed by atoms with van der Waals surface area (Å²) in [6.07, 6.45) is -0.0975. The minimum absolute atomic E-state index is 0.0202. The van der Waals surface area contributed by atoms with Gasteiger partial charge in [0.25, 0.3) is 5.91 Å². The number of ether oxygens (including phenoxy) is 1. The Balaban J connectivity index is 1.34. The maximum absolute atomic E-state index is 12.9. The number of amides is 1. The number of carbonyl (C=O) groups is 2. The minimum Gasteiger partial charge on any atom is -0.490 e. The van der Waals surface area contributed by atoms with Crippen molar-refractivity contribution in [1.82, 2.24) is 9.88 Å². The van der Waals surface area contributed by atoms with Gasteiger partial charge in [0.05, 0.1) is 11.1 Å². The first-order valence-corrected chi connectivity index (χ1v) is 10.9. The highest BCUT2D eigenvalue weighted by atomic mass is 19.4. The van der Waals surface area contributed by atoms with Crippen LogP contribution in [0.2, 0.25) is 0 Å². The Labute approximate surface area is 195 Å². The van der Waals surface area contributed by atoms with E-state index in [1.807, 2.05) is 0 Å². The molecule has 1 saturated heterocycles. The number of nitrogens with zero attached hydrogens (tertiary/aromatic N) is 2. The fraction of sp³-hybridized carbons (Fsp3) is 0.269. The Kier molecular flexibility index (Phi) is 6.95. The Morgan fingerprint density at radius 3 is 2.41 bits per heavy atom. The number of ketones is 1. The van der Waals surface area contributed by atoms with Gasteiger partial charge in [-0.15, -0.1) is 0 Å². The third kappa shape index (κ3) is 5.81. The van der Waals surface area contributed by atoms with Gasteiger partial charge >= 0.3 is 6.18 Å². The number of Topliss-reactive ketones (excluding diaryl/α,β-unsaturated/α-hetero) is 1. The Morgan fingerprint density at radius 2 is 1.71 bits per heavy atom. The molecule has 3 aromatic rings. The zero-order valence-corrected chi connectivity index (χ0v) is 18.3. The first-order chi connectivity index (χ1) is 16.3. The van der Waals surface area contributed by atoms with Gasteiger partial charge in [-0.3, -0.25) is 14.6 Å². The second kappa shape index (κ2) is 10.1. The topological polar surface area (TPSA) is 59.5 Å². The average molecular weight is 468 g/mol. The molecule has 0 bridgehead atoms. The Morgan fingerprint density at radius 1 is 0.971 bits per heavy atom. The summed E-state index contributed by atoms with van der Waals surface area (Å²) in [7, 11) is 0. The number of rotatable bonds is 6. The van der Waals surface area contributed by atoms with Gasteiger partial charge in [-0.05, 0) is 42.0 Å². The number of aromatic nitrogens is 1. The van der Waals surface area contributed by atoms with Gasteiger partial charge < -0.3 is 9.64 Å². The lowest BCUT2D eigenvalue weighted by atomic mass is 10.0. The average Bonchev–Trinajstić information content (AvgIpc) is 2.84. The van der Waals surface area contributed by atoms with Crippen LogP contribution in [-0.4, -0.2) is 40.8 Å². The molecule has 8 heteroatoms. The van der Waals surface area contributed by atoms with Gasteiger partial charge in [0.1, 0.15) is 11.9 Å². The smallest absolute Gasteiger partial charge is 0.416 e. The predicted octanol–water partition coefficient (Wildman–Crippen LogP) is 5.21. The highest BCUT2D eigenvalue weighted by molar-refractivity contribution is 5.97. The molecule has 176 valence electrons. The lowest BCUT2D eigenvalue weighted by Crippen LogP contribution is -2.41. The maximum Gasteiger partial charge on any atom is 0.416 e. The lowest BCUT2D eigenvalue weighted by molar-refractivity contribution is -0.137. The van der Waals surface area contributed by atoms with Crippen molar-refractivity contribution < 1.29 is 27.5 Å². The molecule has 2 heterocycles. The van der Waals surface area contributed by atoms with Crippen molar-refractivity contribution in [3.8, 4) is 5.75 Å². The first kappa shape index (κ1) is 23.5. The number of halogens is 3. The molecule has 0 N–H and O–H groups in total. The maximum atomic E-state index is 12.9. The largest absolute Gasteiger partial charge is 0.490 e. The summed E-state index contributed by atoms with van der Waals surface area (Å²) >= 11 is 0. The van der Waals surface area contributed by atoms with Crippen LogP contribution in [0.1, 0.15) is 44.7 Å². The van der Waals surface area contributed by atoms with E-state index in [4.69, 9.17) is 4.74 Å². The highest BCUT2D eigenvalue weighted by Gasteiger charge is 2.31. The van der Waals surface area contributed by atoms with Gasteiger partial charge in [0.15, 0.2) is 5.78 Å². The van der Waals surface area contributed by atoms with E-state index in [-0.39, 0.29) is 24.0 Å². The number of carbonyl (C=O) groups excluding carboxylic acids is 2. The molecule has 0 saturated carbocycles. The molecule has 1 aromatic heterocycles. The first-order valence-electron chi connectivity index (χ1n) is 10.9. The quantitative estimate of drug-likeness (QED) is 0.466. The van der Waals surface area contributed by atoms with E-state index in [1.165, 1.54) is 12.1 Å². The molecule has 5 nitrogen and oxygen atoms in total. The van der Waals surface area contributed by atoms with E-state index < -0.39 is 17.5 Å². The number of piperidine rings is 1. The summed E-state index contributed by atoms with van der Waals surface area (Å²) in [4.78, 5) is 30.9. The summed E-state index contributed by atoms with van der Waals surface area (Å²) in [5, 5.41) is 0. The summed E-state index contributed by atoms with van der Waals surface area (Å²) in [6.45, 7) is 1.12. The molecular weight excluding hydrogens is 445 g/mol. The van der Waals surface area contributed by atoms with Gasteiger partial charge in [0.2, 0.25) is 0 Å². The van der Waals surface area contributed by atoms with Crippen molar-refractivity contribution in [2.75, 3.05) is 13.1 Å². The molecule has 1 amide bonds. The molecule has 1 fully saturated rings. The van der Waals surface area contributed by atoms with Crippen molar-refractivity contribution >= 4 is 11.7 Å². The normalized spacial score (nSPS) is 14.6. The SMILES string of the molecule is O=C(Cc1cccc(OC2CCN(C(=O)c3cccnc3)CC2)c1)c1cccc(C(F)(F)F)c1. The van der Waals surface area contributed by atoms with Crippen molar-refractivity contribution in [2.24, 2.45) is 0 Å². The van der Waals surface area contributed by atoms with Crippen molar-refractivity contribution in [1.29, 1.82) is 0 Å². The number of likely N-dealkylation sites (tertiary alicyclic amines) is 1. The number of benzene rings is 2. The summed E-state index contributed by atoms with van der Waals surface area (Å²) in [6, 6.07) is 14.9. The zero-order chi connectivity index (χ0) is 24.1. The molecule has 34 heavy (non-hydrogen) atoms. The molecule has 0 aliphatic carbocycles. The van der Waals surface area contributed by atoms with Crippen molar-refractivity contribution in [2.45, 2.75) is 31.5 Å². The van der Waals surface area contributed by atoms with Crippen LogP contribution in [0.25, 0.3) is 0 Å². The molecule has 1 aliphatic heterocycles. The van der Waals surface area contributed by atoms with Crippen LogP contribution in [0, 0.1) is 0 Å². The predicted molar refractivity (Wildman–Crippen MR) is 120 cm³/mol. The monoisotopic (exact) mass is 468 g/mol. The standard InChI is InChI=1S/C26H23F3N2O3/c27-26(28,29)21-7-2-5-19(16-21)24(32)15-18-4-1-8-23(14-18)34-22-9-12-31(13-10-22)25(33)20-6-3-11-30-17-20/h1-8,11,14,16-17,22H,9-10,12-13,15H2. The van der Waals surface area contributed by atoms with Crippen molar-refractivity contribution in [3.63, 3.8) is 0 Å². The van der Waals surface area contributed by atoms with E-state index in [0.29, 0.717) is 42.8 Å². The molecular formula is C26H23F3N2O3. The van der Waals surface area contributed by atoms with Gasteiger partial charge in [-0.2, -0.15) is 13.2 Å². The fourth-order valence-electron chi connectivity index (χ4n) is 3.93. The van der Waals surface area contributed by atoms with Crippen LogP contribution in [-0.2, 0) is 12.6 Å². The van der Waals surface area contributed by atoms with Crippen LogP contribution in [0.3, 0.4) is 0 Å². The van der Waals surface area contributed by atoms with Crippen molar-refractivity contribution in [3.05, 3.63) is 95.3 Å². The minimum atomic E-state index is -4.50. The Hall–Kier alpha value is -3.68. The summed E-state index contributed by atoms with van der Waals surface area (Å²) in [5.74, 6) is 0.138. The molecule has 1 aliphatic rings. The lowest BCUT2D eigenvalue weighted by Gasteiger charge is -2.32. The zero-order valence-electron chi connectivity index (χ0n) is 18.3. The van der Waals surface area contributed by atoms with Crippen LogP contribution in [0.5, 0.6) is 5.75 Å². The number of alkyl halides is 3. The van der Waals surface area contributed by atoms with E-state index in [1.54, 1.807) is 53.7 Å². The van der Waals surface area contributed by atoms with Crippen LogP contribution >= 0.6 is 0 Å². The third-order valence-corrected chi connectivity index (χ3v) is 5.72. The van der Waals surface area contributed by atoms with Crippen LogP contribution in [0.4, 0.5) is 13.2 Å². The van der Waals surface area contributed by atoms with Crippen LogP contribution < -0.4 is 4.74 Å². The summed E-state index contributed by atoms with van der Waals surface area (Å²) < 4.78 is 44.9. The van der Waals surface area contributed by atoms with E-state index in [9.17, 15) is 22.8 Å². The van der Waals surface area contributed by atoms with E-state index in [2.05, 4.69) is 4.98 Å². The fourth-order valence-corrected chi connectivity index (χ4v) is 3.93. The van der Waals surface area contributed by atoms with Crippen LogP contribution in [0.15, 0.2) is 73.1 Å². The van der Waals surface area contributed by atoms with Gasteiger partial charge in [-0.25, -0.2) is 0 Å². The molecule has 4 rings (SSSR count). The molecule has 2 aromatic carbocycles. The Bertz CT molecular complexity index is 1160. The highest BCUT2D eigenvalue weighted by Crippen LogP contribution is 2.30. The number of hydrogen-bond acceptors (Lipinski definition) is 4. The molecule has 0 unspecified atom stereocenters. The van der Waals surface area contributed by atoms with Gasteiger partial charge in [-0.1, -0.05) is 24.3 Å². The number of hydrogen-bond donors (Lipinski definition) is 0. The third-order valence-electron chi connectivity index (χ3n) is 5.72. The molecule has 0 spiro atoms. The van der Waals surface area contributed by atoms with E-state index in [0.717, 1.165) is 12.1 Å². The molecule has 0 atom stereocenters. The number of pyridine rings is 1. The second-order valence-corrected chi connectivity index (χ2v) is 8.18. The van der Waals surface area contributed by atoms with E-state index >= 15 is 0 Å². The summed E-state index contributed by atoms with van der Waals surface area (Å²) in [5.41, 5.74) is 0.389. The van der Waals surface area contributed by atoms with Gasteiger partial charge in [0, 0.05) is 50.3 Å². The molecule has 0 radical (unpaired) electrons. The second-order valence-electron chi connectivity index (χ2n) is 8.18.